The highest BCUT2D eigenvalue weighted by atomic mass is 17.5. The van der Waals surface area contributed by atoms with E-state index in [1.165, 1.54) is 6.08 Å². The Labute approximate surface area is 88.9 Å². The summed E-state index contributed by atoms with van der Waals surface area (Å²) in [6.07, 6.45) is 1.69. The summed E-state index contributed by atoms with van der Waals surface area (Å²) >= 11 is 0. The van der Waals surface area contributed by atoms with Gasteiger partial charge in [-0.15, -0.1) is 6.58 Å². The lowest BCUT2D eigenvalue weighted by molar-refractivity contribution is -0.0753. The average molecular weight is 216 g/mol. The molecule has 1 fully saturated rings. The number of hydrogen-bond donors (Lipinski definition) is 0. The van der Waals surface area contributed by atoms with Gasteiger partial charge in [0.05, 0.1) is 6.42 Å². The number of rotatable bonds is 5. The second kappa shape index (κ2) is 4.20. The molecular weight excluding hydrogens is 200 g/mol. The lowest BCUT2D eigenvalue weighted by atomic mass is 10.1. The maximum atomic E-state index is 11.3. The van der Waals surface area contributed by atoms with Gasteiger partial charge in [-0.3, -0.25) is 0 Å². The Balaban J connectivity index is 2.39. The first-order chi connectivity index (χ1) is 6.93. The van der Waals surface area contributed by atoms with Gasteiger partial charge in [0.25, 0.3) is 0 Å². The maximum Gasteiger partial charge on any atom is 0.513 e. The zero-order chi connectivity index (χ0) is 11.5. The Morgan fingerprint density at radius 1 is 1.53 bits per heavy atom. The van der Waals surface area contributed by atoms with Crippen LogP contribution in [0, 0.1) is 0 Å². The summed E-state index contributed by atoms with van der Waals surface area (Å²) in [5.74, 6) is -1.30. The largest absolute Gasteiger partial charge is 0.513 e. The molecule has 15 heavy (non-hydrogen) atoms. The van der Waals surface area contributed by atoms with Crippen LogP contribution in [0.15, 0.2) is 12.7 Å². The van der Waals surface area contributed by atoms with E-state index in [2.05, 4.69) is 16.4 Å². The molecule has 1 aliphatic heterocycles. The van der Waals surface area contributed by atoms with Crippen molar-refractivity contribution in [2.45, 2.75) is 45.2 Å². The molecule has 5 heteroatoms. The monoisotopic (exact) mass is 216 g/mol. The van der Waals surface area contributed by atoms with Gasteiger partial charge in [0.1, 0.15) is 5.60 Å². The van der Waals surface area contributed by atoms with Crippen molar-refractivity contribution in [3.63, 3.8) is 0 Å². The van der Waals surface area contributed by atoms with E-state index >= 15 is 0 Å². The molecule has 1 saturated heterocycles. The SMILES string of the molecule is C=CCC1(OC(=O)OC(C)(C)CC)OO1. The molecule has 0 bridgehead atoms. The number of hydrogen-bond acceptors (Lipinski definition) is 5. The van der Waals surface area contributed by atoms with Crippen LogP contribution in [0.3, 0.4) is 0 Å². The van der Waals surface area contributed by atoms with E-state index < -0.39 is 17.7 Å². The van der Waals surface area contributed by atoms with Crippen molar-refractivity contribution in [1.82, 2.24) is 0 Å². The van der Waals surface area contributed by atoms with E-state index in [0.717, 1.165) is 0 Å². The Bertz CT molecular complexity index is 255. The fraction of sp³-hybridized carbons (Fsp3) is 0.700. The first-order valence-electron chi connectivity index (χ1n) is 4.83. The highest BCUT2D eigenvalue weighted by molar-refractivity contribution is 5.61. The van der Waals surface area contributed by atoms with Gasteiger partial charge in [-0.05, 0) is 20.3 Å². The van der Waals surface area contributed by atoms with E-state index in [9.17, 15) is 4.79 Å². The van der Waals surface area contributed by atoms with Gasteiger partial charge in [0.2, 0.25) is 0 Å². The minimum atomic E-state index is -1.30. The molecule has 5 nitrogen and oxygen atoms in total. The lowest BCUT2D eigenvalue weighted by Crippen LogP contribution is -2.30. The molecule has 0 aromatic carbocycles. The first kappa shape index (κ1) is 12.0. The summed E-state index contributed by atoms with van der Waals surface area (Å²) in [7, 11) is 0. The standard InChI is InChI=1S/C10H16O5/c1-5-7-10(14-15-10)13-8(11)12-9(3,4)6-2/h5H,1,6-7H2,2-4H3. The van der Waals surface area contributed by atoms with Crippen LogP contribution in [-0.4, -0.2) is 17.7 Å². The third kappa shape index (κ3) is 3.53. The molecule has 0 saturated carbocycles. The molecule has 1 aliphatic rings. The lowest BCUT2D eigenvalue weighted by Gasteiger charge is -2.22. The summed E-state index contributed by atoms with van der Waals surface area (Å²) in [5.41, 5.74) is -0.554. The van der Waals surface area contributed by atoms with Gasteiger partial charge in [0, 0.05) is 0 Å². The van der Waals surface area contributed by atoms with Crippen LogP contribution in [0.4, 0.5) is 4.79 Å². The van der Waals surface area contributed by atoms with Gasteiger partial charge in [0.15, 0.2) is 0 Å². The van der Waals surface area contributed by atoms with Crippen molar-refractivity contribution < 1.29 is 24.0 Å². The van der Waals surface area contributed by atoms with Gasteiger partial charge in [-0.2, -0.15) is 9.78 Å². The second-order valence-electron chi connectivity index (χ2n) is 3.91. The summed E-state index contributed by atoms with van der Waals surface area (Å²) in [6.45, 7) is 8.99. The topological polar surface area (TPSA) is 60.6 Å². The smallest absolute Gasteiger partial charge is 0.428 e. The molecule has 1 heterocycles. The van der Waals surface area contributed by atoms with Crippen LogP contribution in [0.2, 0.25) is 0 Å². The van der Waals surface area contributed by atoms with Crippen molar-refractivity contribution in [1.29, 1.82) is 0 Å². The second-order valence-corrected chi connectivity index (χ2v) is 3.91. The van der Waals surface area contributed by atoms with Crippen LogP contribution < -0.4 is 0 Å². The van der Waals surface area contributed by atoms with E-state index in [4.69, 9.17) is 9.47 Å². The number of ether oxygens (including phenoxy) is 2. The molecule has 0 aromatic rings. The van der Waals surface area contributed by atoms with Crippen molar-refractivity contribution in [3.05, 3.63) is 12.7 Å². The Morgan fingerprint density at radius 3 is 2.53 bits per heavy atom. The van der Waals surface area contributed by atoms with Crippen LogP contribution in [-0.2, 0) is 19.2 Å². The Morgan fingerprint density at radius 2 is 2.13 bits per heavy atom. The van der Waals surface area contributed by atoms with Gasteiger partial charge in [-0.1, -0.05) is 13.0 Å². The molecule has 0 radical (unpaired) electrons. The molecule has 86 valence electrons. The van der Waals surface area contributed by atoms with Crippen LogP contribution >= 0.6 is 0 Å². The van der Waals surface area contributed by atoms with Gasteiger partial charge < -0.3 is 9.47 Å². The summed E-state index contributed by atoms with van der Waals surface area (Å²) in [5, 5.41) is 0. The summed E-state index contributed by atoms with van der Waals surface area (Å²) < 4.78 is 9.90. The van der Waals surface area contributed by atoms with Gasteiger partial charge >= 0.3 is 12.1 Å². The number of carbonyl (C=O) groups excluding carboxylic acids is 1. The third-order valence-electron chi connectivity index (χ3n) is 2.11. The van der Waals surface area contributed by atoms with E-state index in [0.29, 0.717) is 6.42 Å². The minimum Gasteiger partial charge on any atom is -0.428 e. The van der Waals surface area contributed by atoms with Crippen molar-refractivity contribution in [3.8, 4) is 0 Å². The molecule has 1 rings (SSSR count). The molecule has 0 aliphatic carbocycles. The maximum absolute atomic E-state index is 11.3. The van der Waals surface area contributed by atoms with Crippen LogP contribution in [0.25, 0.3) is 0 Å². The molecule has 0 spiro atoms. The summed E-state index contributed by atoms with van der Waals surface area (Å²) in [4.78, 5) is 20.4. The van der Waals surface area contributed by atoms with E-state index in [1.54, 1.807) is 13.8 Å². The fourth-order valence-corrected chi connectivity index (χ4v) is 0.813. The van der Waals surface area contributed by atoms with Crippen molar-refractivity contribution >= 4 is 6.16 Å². The van der Waals surface area contributed by atoms with Gasteiger partial charge in [-0.25, -0.2) is 4.79 Å². The van der Waals surface area contributed by atoms with Crippen molar-refractivity contribution in [2.24, 2.45) is 0 Å². The zero-order valence-corrected chi connectivity index (χ0v) is 9.24. The van der Waals surface area contributed by atoms with Crippen molar-refractivity contribution in [2.75, 3.05) is 0 Å². The fourth-order valence-electron chi connectivity index (χ4n) is 0.813. The van der Waals surface area contributed by atoms with E-state index in [-0.39, 0.29) is 6.42 Å². The van der Waals surface area contributed by atoms with E-state index in [1.807, 2.05) is 6.92 Å². The predicted octanol–water partition coefficient (Wildman–Crippen LogP) is 2.52. The molecule has 0 unspecified atom stereocenters. The van der Waals surface area contributed by atoms with Crippen LogP contribution in [0.5, 0.6) is 0 Å². The average Bonchev–Trinajstić information content (AvgIpc) is 2.84. The minimum absolute atomic E-state index is 0.272. The quantitative estimate of drug-likeness (QED) is 0.306. The highest BCUT2D eigenvalue weighted by Crippen LogP contribution is 2.35. The molecule has 0 aromatic heterocycles. The third-order valence-corrected chi connectivity index (χ3v) is 2.11. The van der Waals surface area contributed by atoms with Crippen LogP contribution in [0.1, 0.15) is 33.6 Å². The molecule has 0 atom stereocenters. The number of carbonyl (C=O) groups is 1. The zero-order valence-electron chi connectivity index (χ0n) is 9.24. The molecule has 0 amide bonds. The Hall–Kier alpha value is -1.07. The summed E-state index contributed by atoms with van der Waals surface area (Å²) in [6, 6.07) is 0. The molecular formula is C10H16O5. The predicted molar refractivity (Wildman–Crippen MR) is 51.7 cm³/mol. The highest BCUT2D eigenvalue weighted by Gasteiger charge is 2.53. The normalized spacial score (nSPS) is 18.1. The molecule has 0 N–H and O–H groups in total. The first-order valence-corrected chi connectivity index (χ1v) is 4.83. The Kier molecular flexibility index (Phi) is 3.36.